The first-order valence-corrected chi connectivity index (χ1v) is 22.3. The van der Waals surface area contributed by atoms with E-state index in [4.69, 9.17) is 18.9 Å². The Kier molecular flexibility index (Phi) is 14.8. The predicted octanol–water partition coefficient (Wildman–Crippen LogP) is 1.72. The summed E-state index contributed by atoms with van der Waals surface area (Å²) >= 11 is 0. The number of esters is 4. The van der Waals surface area contributed by atoms with Crippen LogP contribution in [0.3, 0.4) is 0 Å². The van der Waals surface area contributed by atoms with Gasteiger partial charge in [0.25, 0.3) is 0 Å². The minimum absolute atomic E-state index is 0. The Hall–Kier alpha value is -4.90. The maximum Gasteiger partial charge on any atom is 0.310 e. The van der Waals surface area contributed by atoms with Gasteiger partial charge in [0, 0.05) is 101 Å². The van der Waals surface area contributed by atoms with Crippen molar-refractivity contribution >= 4 is 57.4 Å². The molecule has 4 aliphatic heterocycles. The molecular weight excluding hydrogens is 980 g/mol. The molecule has 354 valence electrons. The Morgan fingerprint density at radius 2 is 0.879 bits per heavy atom. The first-order valence-electron chi connectivity index (χ1n) is 22.3. The van der Waals surface area contributed by atoms with Crippen molar-refractivity contribution in [1.82, 2.24) is 0 Å². The molecule has 0 aliphatic carbocycles. The normalized spacial score (nSPS) is 27.1. The number of carbonyl (C=O) groups excluding carboxylic acids is 4. The lowest BCUT2D eigenvalue weighted by molar-refractivity contribution is -0.963. The monoisotopic (exact) mass is 1040 g/mol. The van der Waals surface area contributed by atoms with Crippen molar-refractivity contribution < 1.29 is 101 Å². The molecule has 0 saturated carbocycles. The van der Waals surface area contributed by atoms with Crippen LogP contribution in [0.5, 0.6) is 23.0 Å². The standard InChI is InChI=1S/C50H56N2O12.2BrH/c1-28(53)61-44-11-7-9-32-17-34(46(23-42(32)44)63-30(3)55)26-51(5)38-13-14-39(51)20-36(19-38)50(49(59)60,25-48(57)58)37-21-40-15-16-41(22-37)52(40,6)27-35-18-33-10-8-12-45(62-29(2)54)43(33)24-47(35)64-31(4)56;;/h7-12,17-18,23-24,36-41H,13-16,19-22,25-27H2,1-6H3;2*1H/t36?,37?,38-,39+,40-,41+,50?,51?,52?;;. The number of ether oxygens (including phenoxy) is 4. The number of rotatable bonds is 13. The Morgan fingerprint density at radius 3 is 1.18 bits per heavy atom. The largest absolute Gasteiger partial charge is 1.00 e. The predicted molar refractivity (Wildman–Crippen MR) is 234 cm³/mol. The number of carboxylic acid groups (broad SMARTS) is 2. The zero-order valence-corrected chi connectivity index (χ0v) is 41.3. The highest BCUT2D eigenvalue weighted by Crippen LogP contribution is 2.59. The molecule has 0 amide bonds. The molecule has 16 heteroatoms. The molecule has 4 unspecified atom stereocenters. The molecule has 8 atom stereocenters. The number of quaternary nitrogens is 2. The van der Waals surface area contributed by atoms with Crippen LogP contribution in [0.2, 0.25) is 0 Å². The summed E-state index contributed by atoms with van der Waals surface area (Å²) in [6.45, 7) is 6.37. The number of halogens is 2. The van der Waals surface area contributed by atoms with E-state index in [1.54, 1.807) is 36.4 Å². The minimum Gasteiger partial charge on any atom is -1.00 e. The molecule has 4 aliphatic rings. The van der Waals surface area contributed by atoms with Gasteiger partial charge < -0.3 is 72.1 Å². The van der Waals surface area contributed by atoms with Crippen LogP contribution in [0.4, 0.5) is 0 Å². The van der Waals surface area contributed by atoms with Crippen LogP contribution in [0.25, 0.3) is 21.5 Å². The average molecular weight is 1040 g/mol. The third-order valence-electron chi connectivity index (χ3n) is 15.6. The van der Waals surface area contributed by atoms with Gasteiger partial charge in [-0.3, -0.25) is 28.8 Å². The number of nitrogens with zero attached hydrogens (tertiary/aromatic N) is 2. The fourth-order valence-electron chi connectivity index (χ4n) is 12.8. The van der Waals surface area contributed by atoms with Crippen LogP contribution in [-0.4, -0.2) is 93.3 Å². The molecule has 4 aromatic rings. The molecule has 2 N–H and O–H groups in total. The number of hydrogen-bond donors (Lipinski definition) is 2. The quantitative estimate of drug-likeness (QED) is 0.113. The van der Waals surface area contributed by atoms with Crippen LogP contribution in [0.15, 0.2) is 60.7 Å². The molecular formula is C50H58Br2N2O12. The number of piperidine rings is 2. The molecule has 4 saturated heterocycles. The summed E-state index contributed by atoms with van der Waals surface area (Å²) in [6.07, 6.45) is 5.18. The van der Waals surface area contributed by atoms with E-state index < -0.39 is 47.7 Å². The SMILES string of the molecule is CC(=O)Oc1cc2c(OC(C)=O)cccc2cc1C[N+]1(C)[C@@H]2CC[C@H]1CC(C(CC(=O)O)(C(=O)O)C1C[C@H]3CC[C@@H](C1)[N+]3(C)Cc1cc3cccc(OC(C)=O)c3cc1OC(C)=O)C2.[Br-].[Br-]. The summed E-state index contributed by atoms with van der Waals surface area (Å²) < 4.78 is 23.7. The first-order chi connectivity index (χ1) is 30.3. The van der Waals surface area contributed by atoms with Gasteiger partial charge in [-0.25, -0.2) is 0 Å². The number of fused-ring (bicyclic) bond motifs is 6. The fourth-order valence-corrected chi connectivity index (χ4v) is 12.8. The third-order valence-corrected chi connectivity index (χ3v) is 15.6. The fraction of sp³-hybridized carbons (Fsp3) is 0.480. The zero-order chi connectivity index (χ0) is 45.9. The maximum atomic E-state index is 14.0. The van der Waals surface area contributed by atoms with Crippen molar-refractivity contribution in [3.05, 3.63) is 71.8 Å². The van der Waals surface area contributed by atoms with Crippen molar-refractivity contribution in [3.8, 4) is 23.0 Å². The first kappa shape index (κ1) is 50.5. The van der Waals surface area contributed by atoms with E-state index in [1.807, 2.05) is 24.3 Å². The van der Waals surface area contributed by atoms with Gasteiger partial charge >= 0.3 is 35.8 Å². The smallest absolute Gasteiger partial charge is 0.310 e. The molecule has 0 aromatic heterocycles. The van der Waals surface area contributed by atoms with E-state index in [1.165, 1.54) is 27.7 Å². The number of carbonyl (C=O) groups is 6. The third kappa shape index (κ3) is 9.35. The van der Waals surface area contributed by atoms with E-state index in [9.17, 15) is 39.0 Å². The number of benzene rings is 4. The second-order valence-corrected chi connectivity index (χ2v) is 19.3. The highest BCUT2D eigenvalue weighted by atomic mass is 79.9. The Balaban J connectivity index is 0.00000360. The molecule has 66 heavy (non-hydrogen) atoms. The van der Waals surface area contributed by atoms with E-state index in [0.29, 0.717) is 81.5 Å². The molecule has 8 rings (SSSR count). The van der Waals surface area contributed by atoms with Crippen molar-refractivity contribution in [1.29, 1.82) is 0 Å². The molecule has 4 fully saturated rings. The minimum atomic E-state index is -1.48. The lowest BCUT2D eigenvalue weighted by atomic mass is 9.57. The molecule has 4 aromatic carbocycles. The molecule has 0 spiro atoms. The molecule has 4 bridgehead atoms. The van der Waals surface area contributed by atoms with Crippen LogP contribution < -0.4 is 52.9 Å². The van der Waals surface area contributed by atoms with E-state index >= 15 is 0 Å². The van der Waals surface area contributed by atoms with Crippen molar-refractivity contribution in [2.45, 2.75) is 123 Å². The van der Waals surface area contributed by atoms with Crippen molar-refractivity contribution in [2.24, 2.45) is 17.3 Å². The van der Waals surface area contributed by atoms with Gasteiger partial charge in [0.1, 0.15) is 36.1 Å². The lowest BCUT2D eigenvalue weighted by Gasteiger charge is -2.55. The summed E-state index contributed by atoms with van der Waals surface area (Å²) in [5.74, 6) is -3.32. The summed E-state index contributed by atoms with van der Waals surface area (Å²) in [6, 6.07) is 18.4. The van der Waals surface area contributed by atoms with Gasteiger partial charge in [-0.1, -0.05) is 24.3 Å². The van der Waals surface area contributed by atoms with E-state index in [-0.39, 0.29) is 70.0 Å². The molecule has 14 nitrogen and oxygen atoms in total. The van der Waals surface area contributed by atoms with Crippen LogP contribution in [0, 0.1) is 17.3 Å². The molecule has 4 heterocycles. The summed E-state index contributed by atoms with van der Waals surface area (Å²) in [7, 11) is 4.38. The maximum absolute atomic E-state index is 14.0. The van der Waals surface area contributed by atoms with Gasteiger partial charge in [-0.2, -0.15) is 0 Å². The average Bonchev–Trinajstić information content (AvgIpc) is 3.43. The Bertz CT molecular complexity index is 2410. The summed E-state index contributed by atoms with van der Waals surface area (Å²) in [5.41, 5.74) is 0.135. The van der Waals surface area contributed by atoms with Gasteiger partial charge in [-0.15, -0.1) is 0 Å². The Morgan fingerprint density at radius 1 is 0.545 bits per heavy atom. The molecule has 0 radical (unpaired) electrons. The summed E-state index contributed by atoms with van der Waals surface area (Å²) in [5, 5.41) is 24.9. The highest BCUT2D eigenvalue weighted by molar-refractivity contribution is 5.94. The van der Waals surface area contributed by atoms with Crippen LogP contribution in [0.1, 0.15) is 96.6 Å². The highest BCUT2D eigenvalue weighted by Gasteiger charge is 2.64. The Labute approximate surface area is 405 Å². The lowest BCUT2D eigenvalue weighted by Crippen LogP contribution is -3.00. The van der Waals surface area contributed by atoms with Crippen LogP contribution >= 0.6 is 0 Å². The van der Waals surface area contributed by atoms with Crippen LogP contribution in [-0.2, 0) is 41.9 Å². The van der Waals surface area contributed by atoms with Gasteiger partial charge in [-0.05, 0) is 59.0 Å². The van der Waals surface area contributed by atoms with Crippen molar-refractivity contribution in [3.63, 3.8) is 0 Å². The van der Waals surface area contributed by atoms with Gasteiger partial charge in [0.05, 0.1) is 50.1 Å². The number of hydrogen-bond acceptors (Lipinski definition) is 10. The topological polar surface area (TPSA) is 180 Å². The van der Waals surface area contributed by atoms with Crippen molar-refractivity contribution in [2.75, 3.05) is 14.1 Å². The summed E-state index contributed by atoms with van der Waals surface area (Å²) in [4.78, 5) is 75.6. The van der Waals surface area contributed by atoms with E-state index in [2.05, 4.69) is 14.1 Å². The van der Waals surface area contributed by atoms with E-state index in [0.717, 1.165) is 47.6 Å². The second-order valence-electron chi connectivity index (χ2n) is 19.3. The number of carboxylic acids is 2. The van der Waals surface area contributed by atoms with Gasteiger partial charge in [0.15, 0.2) is 0 Å². The number of aliphatic carboxylic acids is 2. The zero-order valence-electron chi connectivity index (χ0n) is 38.1. The van der Waals surface area contributed by atoms with Gasteiger partial charge in [0.2, 0.25) is 0 Å². The second kappa shape index (κ2) is 19.4.